The molecule has 4 N–H and O–H groups in total. The average molecular weight is 571 g/mol. The van der Waals surface area contributed by atoms with Crippen LogP contribution in [0, 0.1) is 17.8 Å². The molecule has 4 atom stereocenters. The molecule has 218 valence electrons. The number of aliphatic hydroxyl groups is 1. The van der Waals surface area contributed by atoms with Crippen molar-refractivity contribution in [2.24, 2.45) is 23.5 Å². The van der Waals surface area contributed by atoms with Crippen LogP contribution in [0.1, 0.15) is 69.8 Å². The molecular formula is C30H43ClN6O3. The minimum Gasteiger partial charge on any atom is -0.497 e. The van der Waals surface area contributed by atoms with Crippen LogP contribution in [0.3, 0.4) is 0 Å². The van der Waals surface area contributed by atoms with Crippen molar-refractivity contribution in [3.05, 3.63) is 28.9 Å². The Balaban J connectivity index is 1.26. The lowest BCUT2D eigenvalue weighted by atomic mass is 9.71. The van der Waals surface area contributed by atoms with Crippen LogP contribution in [0.15, 0.2) is 18.3 Å². The van der Waals surface area contributed by atoms with Gasteiger partial charge in [-0.2, -0.15) is 4.98 Å². The molecule has 10 heteroatoms. The van der Waals surface area contributed by atoms with E-state index in [1.165, 1.54) is 38.5 Å². The number of methoxy groups -OCH3 is 2. The van der Waals surface area contributed by atoms with E-state index in [0.717, 1.165) is 48.9 Å². The molecule has 4 unspecified atom stereocenters. The lowest BCUT2D eigenvalue weighted by Gasteiger charge is -2.43. The second-order valence-electron chi connectivity index (χ2n) is 12.2. The molecule has 40 heavy (non-hydrogen) atoms. The van der Waals surface area contributed by atoms with Crippen molar-refractivity contribution >= 4 is 29.1 Å². The van der Waals surface area contributed by atoms with Gasteiger partial charge >= 0.3 is 0 Å². The van der Waals surface area contributed by atoms with E-state index in [1.54, 1.807) is 20.3 Å². The van der Waals surface area contributed by atoms with Crippen LogP contribution in [-0.4, -0.2) is 54.3 Å². The number of fused-ring (bicyclic) bond motifs is 1. The minimum atomic E-state index is -0.946. The maximum atomic E-state index is 11.7. The maximum absolute atomic E-state index is 11.7. The summed E-state index contributed by atoms with van der Waals surface area (Å²) in [6, 6.07) is 3.82. The second kappa shape index (κ2) is 11.8. The molecule has 9 nitrogen and oxygen atoms in total. The van der Waals surface area contributed by atoms with Crippen molar-refractivity contribution in [1.29, 1.82) is 0 Å². The van der Waals surface area contributed by atoms with E-state index in [1.807, 2.05) is 22.1 Å². The summed E-state index contributed by atoms with van der Waals surface area (Å²) in [7, 11) is 3.18. The number of rotatable bonds is 8. The molecular weight excluding hydrogens is 528 g/mol. The summed E-state index contributed by atoms with van der Waals surface area (Å²) in [5.41, 5.74) is 8.19. The normalized spacial score (nSPS) is 27.3. The van der Waals surface area contributed by atoms with Crippen LogP contribution in [-0.2, 0) is 6.54 Å². The summed E-state index contributed by atoms with van der Waals surface area (Å²) in [5.74, 6) is 4.54. The van der Waals surface area contributed by atoms with Gasteiger partial charge in [0.1, 0.15) is 22.3 Å². The Morgan fingerprint density at radius 2 is 1.85 bits per heavy atom. The van der Waals surface area contributed by atoms with Crippen LogP contribution < -0.4 is 30.3 Å². The van der Waals surface area contributed by atoms with E-state index in [9.17, 15) is 5.11 Å². The molecule has 2 heterocycles. The molecule has 1 aromatic heterocycles. The van der Waals surface area contributed by atoms with E-state index in [-0.39, 0.29) is 12.1 Å². The van der Waals surface area contributed by atoms with Gasteiger partial charge in [-0.25, -0.2) is 4.98 Å². The number of nitrogens with one attached hydrogen (secondary N) is 1. The molecule has 0 saturated heterocycles. The largest absolute Gasteiger partial charge is 0.497 e. The van der Waals surface area contributed by atoms with Crippen molar-refractivity contribution in [2.75, 3.05) is 35.9 Å². The van der Waals surface area contributed by atoms with Crippen molar-refractivity contribution in [3.63, 3.8) is 0 Å². The Morgan fingerprint density at radius 1 is 1.05 bits per heavy atom. The lowest BCUT2D eigenvalue weighted by molar-refractivity contribution is 0.152. The van der Waals surface area contributed by atoms with Gasteiger partial charge in [0, 0.05) is 42.5 Å². The number of anilines is 3. The molecule has 6 rings (SSSR count). The third-order valence-electron chi connectivity index (χ3n) is 9.50. The standard InChI is InChI=1S/C30H43ClN6O3/c1-39-22-13-25(27(31)26(14-22)40-2)36-17-21-15-33-29(35-28(21)37(30(36)38)16-18-8-9-18)34-24-12-20(10-11-23(24)32)19-6-4-3-5-7-19/h13-15,18-20,23-24,30,38H,3-12,16-17,32H2,1-2H3,(H,33,34,35). The number of nitrogens with two attached hydrogens (primary N) is 1. The van der Waals surface area contributed by atoms with Crippen LogP contribution in [0.25, 0.3) is 0 Å². The number of aromatic nitrogens is 2. The van der Waals surface area contributed by atoms with Crippen LogP contribution in [0.5, 0.6) is 11.5 Å². The molecule has 3 aliphatic carbocycles. The summed E-state index contributed by atoms with van der Waals surface area (Å²) in [6.07, 6.45) is 13.4. The fourth-order valence-corrected chi connectivity index (χ4v) is 7.26. The van der Waals surface area contributed by atoms with Crippen molar-refractivity contribution in [3.8, 4) is 11.5 Å². The number of hydrogen-bond donors (Lipinski definition) is 3. The first kappa shape index (κ1) is 27.7. The van der Waals surface area contributed by atoms with Gasteiger partial charge in [-0.05, 0) is 49.9 Å². The third-order valence-corrected chi connectivity index (χ3v) is 9.88. The molecule has 3 fully saturated rings. The van der Waals surface area contributed by atoms with Crippen LogP contribution in [0.4, 0.5) is 17.5 Å². The number of halogens is 1. The number of ether oxygens (including phenoxy) is 2. The number of benzene rings is 1. The Labute approximate surface area is 242 Å². The Bertz CT molecular complexity index is 1190. The molecule has 0 amide bonds. The predicted molar refractivity (Wildman–Crippen MR) is 158 cm³/mol. The summed E-state index contributed by atoms with van der Waals surface area (Å²) < 4.78 is 11.0. The summed E-state index contributed by atoms with van der Waals surface area (Å²) in [5, 5.41) is 15.7. The second-order valence-corrected chi connectivity index (χ2v) is 12.5. The zero-order valence-corrected chi connectivity index (χ0v) is 24.4. The zero-order chi connectivity index (χ0) is 27.8. The lowest BCUT2D eigenvalue weighted by Crippen LogP contribution is -2.53. The molecule has 0 spiro atoms. The summed E-state index contributed by atoms with van der Waals surface area (Å²) in [6.45, 7) is 1.12. The Morgan fingerprint density at radius 3 is 2.58 bits per heavy atom. The average Bonchev–Trinajstić information content (AvgIpc) is 3.81. The molecule has 1 aliphatic heterocycles. The van der Waals surface area contributed by atoms with Gasteiger partial charge in [0.15, 0.2) is 0 Å². The first-order valence-corrected chi connectivity index (χ1v) is 15.3. The van der Waals surface area contributed by atoms with Gasteiger partial charge in [0.25, 0.3) is 0 Å². The van der Waals surface area contributed by atoms with Crippen LogP contribution >= 0.6 is 11.6 Å². The molecule has 1 aromatic carbocycles. The maximum Gasteiger partial charge on any atom is 0.224 e. The zero-order valence-electron chi connectivity index (χ0n) is 23.7. The predicted octanol–water partition coefficient (Wildman–Crippen LogP) is 5.15. The highest BCUT2D eigenvalue weighted by Gasteiger charge is 2.39. The number of nitrogens with zero attached hydrogens (tertiary/aromatic N) is 4. The van der Waals surface area contributed by atoms with E-state index in [2.05, 4.69) is 5.32 Å². The van der Waals surface area contributed by atoms with Gasteiger partial charge in [-0.1, -0.05) is 43.7 Å². The van der Waals surface area contributed by atoms with E-state index in [0.29, 0.717) is 47.2 Å². The molecule has 2 aromatic rings. The van der Waals surface area contributed by atoms with Gasteiger partial charge in [-0.15, -0.1) is 0 Å². The van der Waals surface area contributed by atoms with Gasteiger partial charge in [0.05, 0.1) is 26.5 Å². The number of hydrogen-bond acceptors (Lipinski definition) is 9. The van der Waals surface area contributed by atoms with E-state index < -0.39 is 6.35 Å². The van der Waals surface area contributed by atoms with Crippen molar-refractivity contribution in [2.45, 2.75) is 89.2 Å². The van der Waals surface area contributed by atoms with Crippen molar-refractivity contribution < 1.29 is 14.6 Å². The first-order chi connectivity index (χ1) is 19.4. The smallest absolute Gasteiger partial charge is 0.224 e. The highest BCUT2D eigenvalue weighted by molar-refractivity contribution is 6.34. The van der Waals surface area contributed by atoms with Crippen LogP contribution in [0.2, 0.25) is 5.02 Å². The number of aliphatic hydroxyl groups excluding tert-OH is 1. The fourth-order valence-electron chi connectivity index (χ4n) is 6.97. The molecule has 3 saturated carbocycles. The van der Waals surface area contributed by atoms with Crippen molar-refractivity contribution in [1.82, 2.24) is 9.97 Å². The monoisotopic (exact) mass is 570 g/mol. The SMILES string of the molecule is COc1cc(OC)c(Cl)c(N2Cc3cnc(NC4CC(C5CCCCC5)CCC4N)nc3N(CC3CC3)C2O)c1. The van der Waals surface area contributed by atoms with Gasteiger partial charge in [-0.3, -0.25) is 0 Å². The van der Waals surface area contributed by atoms with Gasteiger partial charge in [0.2, 0.25) is 12.3 Å². The first-order valence-electron chi connectivity index (χ1n) is 15.0. The molecule has 4 aliphatic rings. The fraction of sp³-hybridized carbons (Fsp3) is 0.667. The Hall–Kier alpha value is -2.49. The van der Waals surface area contributed by atoms with E-state index in [4.69, 9.17) is 36.8 Å². The topological polar surface area (TPSA) is 109 Å². The highest BCUT2D eigenvalue weighted by atomic mass is 35.5. The minimum absolute atomic E-state index is 0.0910. The molecule has 0 radical (unpaired) electrons. The summed E-state index contributed by atoms with van der Waals surface area (Å²) in [4.78, 5) is 13.6. The third kappa shape index (κ3) is 5.65. The Kier molecular flexibility index (Phi) is 8.15. The quantitative estimate of drug-likeness (QED) is 0.397. The highest BCUT2D eigenvalue weighted by Crippen LogP contribution is 2.44. The van der Waals surface area contributed by atoms with Gasteiger partial charge < -0.3 is 35.4 Å². The summed E-state index contributed by atoms with van der Waals surface area (Å²) >= 11 is 6.74. The molecule has 0 bridgehead atoms. The van der Waals surface area contributed by atoms with E-state index >= 15 is 0 Å².